The van der Waals surface area contributed by atoms with Crippen LogP contribution in [0.1, 0.15) is 17.2 Å². The highest BCUT2D eigenvalue weighted by molar-refractivity contribution is 5.78. The molecular formula is C20H23FN2O2. The van der Waals surface area contributed by atoms with Crippen LogP contribution in [-0.2, 0) is 11.2 Å². The predicted octanol–water partition coefficient (Wildman–Crippen LogP) is 2.25. The Morgan fingerprint density at radius 1 is 1.00 bits per heavy atom. The maximum Gasteiger partial charge on any atom is 0.227 e. The smallest absolute Gasteiger partial charge is 0.227 e. The minimum Gasteiger partial charge on any atom is -0.387 e. The highest BCUT2D eigenvalue weighted by atomic mass is 19.1. The average Bonchev–Trinajstić information content (AvgIpc) is 2.63. The highest BCUT2D eigenvalue weighted by Gasteiger charge is 2.23. The summed E-state index contributed by atoms with van der Waals surface area (Å²) in [6, 6.07) is 15.7. The largest absolute Gasteiger partial charge is 0.387 e. The summed E-state index contributed by atoms with van der Waals surface area (Å²) in [5.41, 5.74) is 1.74. The summed E-state index contributed by atoms with van der Waals surface area (Å²) in [5, 5.41) is 10.3. The van der Waals surface area contributed by atoms with Gasteiger partial charge in [0.15, 0.2) is 0 Å². The summed E-state index contributed by atoms with van der Waals surface area (Å²) >= 11 is 0. The van der Waals surface area contributed by atoms with Crippen LogP contribution in [0.25, 0.3) is 0 Å². The van der Waals surface area contributed by atoms with E-state index in [4.69, 9.17) is 0 Å². The first-order chi connectivity index (χ1) is 12.1. The van der Waals surface area contributed by atoms with Crippen molar-refractivity contribution in [2.24, 2.45) is 0 Å². The van der Waals surface area contributed by atoms with Crippen molar-refractivity contribution in [3.8, 4) is 0 Å². The van der Waals surface area contributed by atoms with Gasteiger partial charge < -0.3 is 10.0 Å². The van der Waals surface area contributed by atoms with E-state index in [2.05, 4.69) is 4.90 Å². The van der Waals surface area contributed by atoms with Gasteiger partial charge in [-0.1, -0.05) is 42.5 Å². The Labute approximate surface area is 147 Å². The van der Waals surface area contributed by atoms with Crippen LogP contribution < -0.4 is 0 Å². The standard InChI is InChI=1S/C20H23FN2O2/c21-18-8-6-17(7-9-18)19(24)15-22-10-12-23(13-11-22)20(25)14-16-4-2-1-3-5-16/h1-9,19,24H,10-15H2. The molecule has 4 nitrogen and oxygen atoms in total. The van der Waals surface area contributed by atoms with Crippen LogP contribution in [0.2, 0.25) is 0 Å². The van der Waals surface area contributed by atoms with E-state index in [1.54, 1.807) is 12.1 Å². The predicted molar refractivity (Wildman–Crippen MR) is 94.5 cm³/mol. The maximum absolute atomic E-state index is 13.0. The van der Waals surface area contributed by atoms with Gasteiger partial charge in [0.05, 0.1) is 12.5 Å². The van der Waals surface area contributed by atoms with E-state index in [0.717, 1.165) is 18.7 Å². The first kappa shape index (κ1) is 17.6. The molecule has 0 aromatic heterocycles. The number of carbonyl (C=O) groups excluding carboxylic acids is 1. The van der Waals surface area contributed by atoms with Gasteiger partial charge in [0.1, 0.15) is 5.82 Å². The molecule has 0 aliphatic carbocycles. The number of amides is 1. The first-order valence-electron chi connectivity index (χ1n) is 8.59. The normalized spacial score (nSPS) is 16.6. The van der Waals surface area contributed by atoms with E-state index in [9.17, 15) is 14.3 Å². The summed E-state index contributed by atoms with van der Waals surface area (Å²) in [5.74, 6) is -0.161. The molecule has 0 bridgehead atoms. The molecule has 5 heteroatoms. The lowest BCUT2D eigenvalue weighted by Gasteiger charge is -2.35. The third-order valence-electron chi connectivity index (χ3n) is 4.61. The van der Waals surface area contributed by atoms with Crippen molar-refractivity contribution in [3.05, 3.63) is 71.5 Å². The lowest BCUT2D eigenvalue weighted by molar-refractivity contribution is -0.132. The second kappa shape index (κ2) is 8.23. The number of piperazine rings is 1. The lowest BCUT2D eigenvalue weighted by Crippen LogP contribution is -2.50. The molecule has 0 radical (unpaired) electrons. The average molecular weight is 342 g/mol. The molecule has 3 rings (SSSR count). The molecule has 2 aromatic rings. The Morgan fingerprint density at radius 3 is 2.28 bits per heavy atom. The van der Waals surface area contributed by atoms with Crippen molar-refractivity contribution < 1.29 is 14.3 Å². The van der Waals surface area contributed by atoms with Crippen molar-refractivity contribution in [2.45, 2.75) is 12.5 Å². The van der Waals surface area contributed by atoms with E-state index in [1.807, 2.05) is 35.2 Å². The fraction of sp³-hybridized carbons (Fsp3) is 0.350. The minimum absolute atomic E-state index is 0.143. The fourth-order valence-electron chi connectivity index (χ4n) is 3.10. The van der Waals surface area contributed by atoms with Crippen LogP contribution in [0, 0.1) is 5.82 Å². The third kappa shape index (κ3) is 4.87. The maximum atomic E-state index is 13.0. The number of aliphatic hydroxyl groups excluding tert-OH is 1. The van der Waals surface area contributed by atoms with Crippen LogP contribution in [0.3, 0.4) is 0 Å². The quantitative estimate of drug-likeness (QED) is 0.906. The van der Waals surface area contributed by atoms with E-state index in [-0.39, 0.29) is 11.7 Å². The van der Waals surface area contributed by atoms with Crippen molar-refractivity contribution in [1.29, 1.82) is 0 Å². The molecule has 1 aliphatic rings. The van der Waals surface area contributed by atoms with Crippen molar-refractivity contribution >= 4 is 5.91 Å². The SMILES string of the molecule is O=C(Cc1ccccc1)N1CCN(CC(O)c2ccc(F)cc2)CC1. The van der Waals surface area contributed by atoms with Crippen molar-refractivity contribution in [3.63, 3.8) is 0 Å². The molecule has 0 spiro atoms. The van der Waals surface area contributed by atoms with Crippen molar-refractivity contribution in [1.82, 2.24) is 9.80 Å². The van der Waals surface area contributed by atoms with Crippen LogP contribution in [0.5, 0.6) is 0 Å². The van der Waals surface area contributed by atoms with E-state index in [1.165, 1.54) is 12.1 Å². The monoisotopic (exact) mass is 342 g/mol. The van der Waals surface area contributed by atoms with Gasteiger partial charge in [0.2, 0.25) is 5.91 Å². The van der Waals surface area contributed by atoms with Gasteiger partial charge >= 0.3 is 0 Å². The molecule has 0 saturated carbocycles. The van der Waals surface area contributed by atoms with Gasteiger partial charge in [-0.05, 0) is 23.3 Å². The molecule has 132 valence electrons. The second-order valence-electron chi connectivity index (χ2n) is 6.41. The van der Waals surface area contributed by atoms with Crippen LogP contribution in [0.4, 0.5) is 4.39 Å². The molecule has 1 N–H and O–H groups in total. The van der Waals surface area contributed by atoms with Crippen LogP contribution in [-0.4, -0.2) is 53.5 Å². The molecule has 2 aromatic carbocycles. The fourth-order valence-corrected chi connectivity index (χ4v) is 3.10. The van der Waals surface area contributed by atoms with E-state index < -0.39 is 6.10 Å². The minimum atomic E-state index is -0.646. The molecule has 1 aliphatic heterocycles. The van der Waals surface area contributed by atoms with Gasteiger partial charge in [-0.2, -0.15) is 0 Å². The van der Waals surface area contributed by atoms with Gasteiger partial charge in [0, 0.05) is 32.7 Å². The lowest BCUT2D eigenvalue weighted by atomic mass is 10.1. The Hall–Kier alpha value is -2.24. The summed E-state index contributed by atoms with van der Waals surface area (Å²) in [6.45, 7) is 3.30. The number of halogens is 1. The molecule has 1 fully saturated rings. The second-order valence-corrected chi connectivity index (χ2v) is 6.41. The van der Waals surface area contributed by atoms with Crippen molar-refractivity contribution in [2.75, 3.05) is 32.7 Å². The summed E-state index contributed by atoms with van der Waals surface area (Å²) in [4.78, 5) is 16.4. The van der Waals surface area contributed by atoms with Crippen LogP contribution >= 0.6 is 0 Å². The Kier molecular flexibility index (Phi) is 5.79. The number of carbonyl (C=O) groups is 1. The van der Waals surface area contributed by atoms with Crippen LogP contribution in [0.15, 0.2) is 54.6 Å². The van der Waals surface area contributed by atoms with Gasteiger partial charge in [-0.3, -0.25) is 9.69 Å². The van der Waals surface area contributed by atoms with Gasteiger partial charge in [-0.15, -0.1) is 0 Å². The van der Waals surface area contributed by atoms with E-state index >= 15 is 0 Å². The summed E-state index contributed by atoms with van der Waals surface area (Å²) in [6.07, 6.45) is -0.217. The first-order valence-corrected chi connectivity index (χ1v) is 8.59. The number of aliphatic hydroxyl groups is 1. The molecule has 1 unspecified atom stereocenters. The number of β-amino-alcohol motifs (C(OH)–C–C–N with tert-alkyl or cyclic N) is 1. The van der Waals surface area contributed by atoms with Gasteiger partial charge in [-0.25, -0.2) is 4.39 Å². The van der Waals surface area contributed by atoms with E-state index in [0.29, 0.717) is 31.6 Å². The highest BCUT2D eigenvalue weighted by Crippen LogP contribution is 2.16. The zero-order valence-corrected chi connectivity index (χ0v) is 14.1. The number of nitrogens with zero attached hydrogens (tertiary/aromatic N) is 2. The Bertz CT molecular complexity index is 683. The number of hydrogen-bond acceptors (Lipinski definition) is 3. The number of rotatable bonds is 5. The van der Waals surface area contributed by atoms with Gasteiger partial charge in [0.25, 0.3) is 0 Å². The Balaban J connectivity index is 1.46. The summed E-state index contributed by atoms with van der Waals surface area (Å²) in [7, 11) is 0. The molecule has 1 atom stereocenters. The zero-order chi connectivity index (χ0) is 17.6. The molecule has 1 saturated heterocycles. The molecule has 25 heavy (non-hydrogen) atoms. The topological polar surface area (TPSA) is 43.8 Å². The molecular weight excluding hydrogens is 319 g/mol. The summed E-state index contributed by atoms with van der Waals surface area (Å²) < 4.78 is 13.0. The molecule has 1 amide bonds. The molecule has 1 heterocycles. The zero-order valence-electron chi connectivity index (χ0n) is 14.1. The number of hydrogen-bond donors (Lipinski definition) is 1. The third-order valence-corrected chi connectivity index (χ3v) is 4.61. The Morgan fingerprint density at radius 2 is 1.64 bits per heavy atom. The number of benzene rings is 2.